The van der Waals surface area contributed by atoms with E-state index in [0.29, 0.717) is 31.4 Å². The Bertz CT molecular complexity index is 653. The highest BCUT2D eigenvalue weighted by Crippen LogP contribution is 2.17. The lowest BCUT2D eigenvalue weighted by molar-refractivity contribution is -0.133. The molecule has 0 spiro atoms. The molecule has 4 nitrogen and oxygen atoms in total. The Morgan fingerprint density at radius 3 is 2.52 bits per heavy atom. The van der Waals surface area contributed by atoms with Crippen LogP contribution in [0.3, 0.4) is 0 Å². The van der Waals surface area contributed by atoms with Crippen LogP contribution in [0.1, 0.15) is 44.8 Å². The molecular weight excluding hydrogens is 332 g/mol. The third-order valence-electron chi connectivity index (χ3n) is 3.58. The van der Waals surface area contributed by atoms with Crippen molar-refractivity contribution in [3.05, 3.63) is 46.4 Å². The molecule has 1 aromatic carbocycles. The molecule has 0 aliphatic rings. The third kappa shape index (κ3) is 6.86. The minimum absolute atomic E-state index is 0.207. The summed E-state index contributed by atoms with van der Waals surface area (Å²) in [4.78, 5) is 19.1. The summed E-state index contributed by atoms with van der Waals surface area (Å²) in [5.41, 5.74) is 0.939. The third-order valence-corrected chi connectivity index (χ3v) is 4.45. The van der Waals surface area contributed by atoms with E-state index < -0.39 is 0 Å². The van der Waals surface area contributed by atoms with E-state index >= 15 is 0 Å². The number of amides is 1. The van der Waals surface area contributed by atoms with Crippen molar-refractivity contribution in [2.24, 2.45) is 11.8 Å². The lowest BCUT2D eigenvalue weighted by Gasteiger charge is -2.24. The standard InChI is InChI=1S/C20H28N2O2S/c1-15(2)10-20(23)22(11-16(3)4)12-17-14-25-19(21-17)13-24-18-8-6-5-7-9-18/h5-9,14-16H,10-13H2,1-4H3. The molecule has 136 valence electrons. The second kappa shape index (κ2) is 9.56. The Kier molecular flexibility index (Phi) is 7.44. The van der Waals surface area contributed by atoms with E-state index in [1.807, 2.05) is 40.6 Å². The van der Waals surface area contributed by atoms with Gasteiger partial charge in [-0.05, 0) is 24.0 Å². The molecule has 1 aromatic heterocycles. The van der Waals surface area contributed by atoms with Crippen molar-refractivity contribution in [2.75, 3.05) is 6.54 Å². The molecule has 2 rings (SSSR count). The van der Waals surface area contributed by atoms with Crippen LogP contribution in [0.2, 0.25) is 0 Å². The first-order valence-electron chi connectivity index (χ1n) is 8.83. The smallest absolute Gasteiger partial charge is 0.223 e. The van der Waals surface area contributed by atoms with E-state index in [1.165, 1.54) is 0 Å². The Morgan fingerprint density at radius 1 is 1.16 bits per heavy atom. The highest BCUT2D eigenvalue weighted by atomic mass is 32.1. The molecular formula is C20H28N2O2S. The molecule has 0 aliphatic heterocycles. The van der Waals surface area contributed by atoms with Crippen molar-refractivity contribution < 1.29 is 9.53 Å². The first-order valence-corrected chi connectivity index (χ1v) is 9.71. The highest BCUT2D eigenvalue weighted by molar-refractivity contribution is 7.09. The number of carbonyl (C=O) groups excluding carboxylic acids is 1. The van der Waals surface area contributed by atoms with Crippen molar-refractivity contribution >= 4 is 17.2 Å². The molecule has 0 fully saturated rings. The number of aromatic nitrogens is 1. The monoisotopic (exact) mass is 360 g/mol. The van der Waals surface area contributed by atoms with E-state index in [9.17, 15) is 4.79 Å². The summed E-state index contributed by atoms with van der Waals surface area (Å²) in [5.74, 6) is 1.86. The second-order valence-corrected chi connectivity index (χ2v) is 8.04. The summed E-state index contributed by atoms with van der Waals surface area (Å²) >= 11 is 1.58. The normalized spacial score (nSPS) is 11.1. The topological polar surface area (TPSA) is 42.4 Å². The van der Waals surface area contributed by atoms with Gasteiger partial charge in [0.15, 0.2) is 0 Å². The van der Waals surface area contributed by atoms with Crippen molar-refractivity contribution in [2.45, 2.75) is 47.3 Å². The van der Waals surface area contributed by atoms with Gasteiger partial charge in [0, 0.05) is 18.3 Å². The molecule has 0 radical (unpaired) electrons. The number of para-hydroxylation sites is 1. The molecule has 2 aromatic rings. The number of hydrogen-bond acceptors (Lipinski definition) is 4. The van der Waals surface area contributed by atoms with Gasteiger partial charge in [-0.1, -0.05) is 45.9 Å². The fourth-order valence-electron chi connectivity index (χ4n) is 2.52. The predicted octanol–water partition coefficient (Wildman–Crippen LogP) is 4.75. The van der Waals surface area contributed by atoms with Crippen LogP contribution in [0.15, 0.2) is 35.7 Å². The first kappa shape index (κ1) is 19.4. The zero-order valence-electron chi connectivity index (χ0n) is 15.6. The average molecular weight is 361 g/mol. The average Bonchev–Trinajstić information content (AvgIpc) is 3.00. The zero-order valence-corrected chi connectivity index (χ0v) is 16.4. The molecule has 0 aliphatic carbocycles. The van der Waals surface area contributed by atoms with Gasteiger partial charge in [0.25, 0.3) is 0 Å². The minimum Gasteiger partial charge on any atom is -0.486 e. The van der Waals surface area contributed by atoms with Crippen LogP contribution in [0.5, 0.6) is 5.75 Å². The molecule has 0 N–H and O–H groups in total. The number of nitrogens with zero attached hydrogens (tertiary/aromatic N) is 2. The fourth-order valence-corrected chi connectivity index (χ4v) is 3.22. The minimum atomic E-state index is 0.207. The van der Waals surface area contributed by atoms with Gasteiger partial charge < -0.3 is 9.64 Å². The van der Waals surface area contributed by atoms with Gasteiger partial charge in [0.1, 0.15) is 17.4 Å². The van der Waals surface area contributed by atoms with Gasteiger partial charge in [0.2, 0.25) is 5.91 Å². The van der Waals surface area contributed by atoms with Gasteiger partial charge in [0.05, 0.1) is 12.2 Å². The van der Waals surface area contributed by atoms with Crippen LogP contribution in [0.25, 0.3) is 0 Å². The molecule has 0 unspecified atom stereocenters. The summed E-state index contributed by atoms with van der Waals surface area (Å²) in [6.45, 7) is 10.2. The Hall–Kier alpha value is -1.88. The molecule has 1 amide bonds. The van der Waals surface area contributed by atoms with Crippen molar-refractivity contribution in [3.63, 3.8) is 0 Å². The van der Waals surface area contributed by atoms with Crippen molar-refractivity contribution in [3.8, 4) is 5.75 Å². The van der Waals surface area contributed by atoms with Gasteiger partial charge in [-0.15, -0.1) is 11.3 Å². The van der Waals surface area contributed by atoms with E-state index in [0.717, 1.165) is 23.0 Å². The van der Waals surface area contributed by atoms with Crippen LogP contribution < -0.4 is 4.74 Å². The second-order valence-electron chi connectivity index (χ2n) is 7.10. The number of benzene rings is 1. The van der Waals surface area contributed by atoms with E-state index in [2.05, 4.69) is 32.7 Å². The number of hydrogen-bond donors (Lipinski definition) is 0. The van der Waals surface area contributed by atoms with Crippen LogP contribution in [-0.2, 0) is 17.9 Å². The zero-order chi connectivity index (χ0) is 18.2. The number of carbonyl (C=O) groups is 1. The quantitative estimate of drug-likeness (QED) is 0.648. The van der Waals surface area contributed by atoms with Crippen LogP contribution in [0, 0.1) is 11.8 Å². The molecule has 0 atom stereocenters. The van der Waals surface area contributed by atoms with E-state index in [4.69, 9.17) is 4.74 Å². The number of rotatable bonds is 9. The summed E-state index contributed by atoms with van der Waals surface area (Å²) in [5, 5.41) is 2.96. The Morgan fingerprint density at radius 2 is 1.88 bits per heavy atom. The summed E-state index contributed by atoms with van der Waals surface area (Å²) in [6, 6.07) is 9.73. The van der Waals surface area contributed by atoms with Crippen molar-refractivity contribution in [1.82, 2.24) is 9.88 Å². The van der Waals surface area contributed by atoms with E-state index in [1.54, 1.807) is 11.3 Å². The molecule has 25 heavy (non-hydrogen) atoms. The molecule has 0 bridgehead atoms. The Balaban J connectivity index is 1.95. The summed E-state index contributed by atoms with van der Waals surface area (Å²) in [6.07, 6.45) is 0.584. The predicted molar refractivity (Wildman–Crippen MR) is 103 cm³/mol. The van der Waals surface area contributed by atoms with Gasteiger partial charge >= 0.3 is 0 Å². The van der Waals surface area contributed by atoms with Crippen LogP contribution >= 0.6 is 11.3 Å². The SMILES string of the molecule is CC(C)CC(=O)N(Cc1csc(COc2ccccc2)n1)CC(C)C. The summed E-state index contributed by atoms with van der Waals surface area (Å²) < 4.78 is 5.74. The van der Waals surface area contributed by atoms with E-state index in [-0.39, 0.29) is 5.91 Å². The van der Waals surface area contributed by atoms with Crippen molar-refractivity contribution in [1.29, 1.82) is 0 Å². The maximum absolute atomic E-state index is 12.5. The maximum Gasteiger partial charge on any atom is 0.223 e. The first-order chi connectivity index (χ1) is 11.9. The largest absolute Gasteiger partial charge is 0.486 e. The Labute approximate surface area is 154 Å². The van der Waals surface area contributed by atoms with Gasteiger partial charge in [-0.3, -0.25) is 4.79 Å². The van der Waals surface area contributed by atoms with Gasteiger partial charge in [-0.2, -0.15) is 0 Å². The maximum atomic E-state index is 12.5. The number of thiazole rings is 1. The molecule has 1 heterocycles. The lowest BCUT2D eigenvalue weighted by Crippen LogP contribution is -2.34. The van der Waals surface area contributed by atoms with Crippen LogP contribution in [-0.4, -0.2) is 22.3 Å². The molecule has 0 saturated carbocycles. The summed E-state index contributed by atoms with van der Waals surface area (Å²) in [7, 11) is 0. The van der Waals surface area contributed by atoms with Crippen LogP contribution in [0.4, 0.5) is 0 Å². The fraction of sp³-hybridized carbons (Fsp3) is 0.500. The van der Waals surface area contributed by atoms with Gasteiger partial charge in [-0.25, -0.2) is 4.98 Å². The molecule has 5 heteroatoms. The highest BCUT2D eigenvalue weighted by Gasteiger charge is 2.18. The molecule has 0 saturated heterocycles. The lowest BCUT2D eigenvalue weighted by atomic mass is 10.1. The number of ether oxygens (including phenoxy) is 1.